The van der Waals surface area contributed by atoms with Crippen molar-refractivity contribution in [3.63, 3.8) is 0 Å². The predicted octanol–water partition coefficient (Wildman–Crippen LogP) is 3.13. The van der Waals surface area contributed by atoms with E-state index in [1.807, 2.05) is 42.7 Å². The van der Waals surface area contributed by atoms with Gasteiger partial charge in [0.05, 0.1) is 6.61 Å². The van der Waals surface area contributed by atoms with E-state index in [4.69, 9.17) is 4.74 Å². The number of benzene rings is 1. The molecule has 1 N–H and O–H groups in total. The van der Waals surface area contributed by atoms with Crippen LogP contribution in [0, 0.1) is 5.92 Å². The lowest BCUT2D eigenvalue weighted by Gasteiger charge is -2.23. The molecule has 0 aliphatic carbocycles. The smallest absolute Gasteiger partial charge is 0.127 e. The molecule has 0 saturated carbocycles. The monoisotopic (exact) mass is 268 g/mol. The van der Waals surface area contributed by atoms with Gasteiger partial charge >= 0.3 is 0 Å². The number of hydrogen-bond donors (Lipinski definition) is 1. The van der Waals surface area contributed by atoms with Crippen LogP contribution in [-0.4, -0.2) is 24.7 Å². The highest BCUT2D eigenvalue weighted by Gasteiger charge is 2.14. The van der Waals surface area contributed by atoms with Crippen LogP contribution in [-0.2, 0) is 0 Å². The van der Waals surface area contributed by atoms with E-state index in [1.165, 1.54) is 12.8 Å². The van der Waals surface area contributed by atoms with Crippen LogP contribution in [0.5, 0.6) is 5.75 Å². The number of pyridine rings is 1. The molecule has 2 heterocycles. The molecule has 0 radical (unpaired) electrons. The third kappa shape index (κ3) is 3.17. The van der Waals surface area contributed by atoms with Crippen LogP contribution in [0.2, 0.25) is 0 Å². The molecule has 0 spiro atoms. The van der Waals surface area contributed by atoms with E-state index in [0.717, 1.165) is 36.6 Å². The highest BCUT2D eigenvalue weighted by molar-refractivity contribution is 5.69. The molecule has 1 saturated heterocycles. The Hall–Kier alpha value is -1.87. The van der Waals surface area contributed by atoms with Crippen LogP contribution in [0.1, 0.15) is 12.8 Å². The van der Waals surface area contributed by atoms with Crippen molar-refractivity contribution in [1.29, 1.82) is 0 Å². The maximum Gasteiger partial charge on any atom is 0.127 e. The number of hydrogen-bond acceptors (Lipinski definition) is 3. The fourth-order valence-corrected chi connectivity index (χ4v) is 2.64. The first-order valence-corrected chi connectivity index (χ1v) is 7.26. The van der Waals surface area contributed by atoms with Crippen molar-refractivity contribution >= 4 is 0 Å². The van der Waals surface area contributed by atoms with Crippen molar-refractivity contribution in [2.75, 3.05) is 19.7 Å². The van der Waals surface area contributed by atoms with E-state index < -0.39 is 0 Å². The molecule has 3 rings (SSSR count). The number of para-hydroxylation sites is 1. The third-order valence-corrected chi connectivity index (χ3v) is 3.75. The molecule has 1 atom stereocenters. The van der Waals surface area contributed by atoms with Gasteiger partial charge in [-0.3, -0.25) is 4.98 Å². The van der Waals surface area contributed by atoms with Gasteiger partial charge in [-0.25, -0.2) is 0 Å². The summed E-state index contributed by atoms with van der Waals surface area (Å²) in [6, 6.07) is 12.3. The van der Waals surface area contributed by atoms with Crippen LogP contribution >= 0.6 is 0 Å². The first-order valence-electron chi connectivity index (χ1n) is 7.26. The van der Waals surface area contributed by atoms with Crippen LogP contribution in [0.3, 0.4) is 0 Å². The molecular formula is C17H20N2O. The van der Waals surface area contributed by atoms with Crippen molar-refractivity contribution in [3.05, 3.63) is 48.8 Å². The summed E-state index contributed by atoms with van der Waals surface area (Å²) in [5, 5.41) is 3.43. The largest absolute Gasteiger partial charge is 0.493 e. The normalized spacial score (nSPS) is 18.7. The number of aromatic nitrogens is 1. The van der Waals surface area contributed by atoms with E-state index >= 15 is 0 Å². The fraction of sp³-hybridized carbons (Fsp3) is 0.353. The van der Waals surface area contributed by atoms with E-state index in [1.54, 1.807) is 0 Å². The number of piperidine rings is 1. The van der Waals surface area contributed by atoms with Crippen LogP contribution in [0.4, 0.5) is 0 Å². The van der Waals surface area contributed by atoms with Crippen molar-refractivity contribution in [2.24, 2.45) is 5.92 Å². The van der Waals surface area contributed by atoms with Gasteiger partial charge in [-0.15, -0.1) is 0 Å². The molecule has 0 bridgehead atoms. The van der Waals surface area contributed by atoms with Crippen LogP contribution in [0.15, 0.2) is 48.8 Å². The summed E-state index contributed by atoms with van der Waals surface area (Å²) in [6.45, 7) is 3.00. The summed E-state index contributed by atoms with van der Waals surface area (Å²) in [4.78, 5) is 4.07. The van der Waals surface area contributed by atoms with E-state index in [-0.39, 0.29) is 0 Å². The van der Waals surface area contributed by atoms with Crippen molar-refractivity contribution in [3.8, 4) is 16.9 Å². The summed E-state index contributed by atoms with van der Waals surface area (Å²) in [7, 11) is 0. The Morgan fingerprint density at radius 3 is 2.80 bits per heavy atom. The second-order valence-corrected chi connectivity index (χ2v) is 5.26. The highest BCUT2D eigenvalue weighted by atomic mass is 16.5. The molecular weight excluding hydrogens is 248 g/mol. The molecule has 1 aromatic heterocycles. The number of rotatable bonds is 4. The lowest BCUT2D eigenvalue weighted by atomic mass is 10.0. The zero-order valence-electron chi connectivity index (χ0n) is 11.6. The SMILES string of the molecule is c1ccc(-c2ccncc2)c(OCC2CCCNC2)c1. The topological polar surface area (TPSA) is 34.1 Å². The number of nitrogens with zero attached hydrogens (tertiary/aromatic N) is 1. The van der Waals surface area contributed by atoms with Gasteiger partial charge < -0.3 is 10.1 Å². The third-order valence-electron chi connectivity index (χ3n) is 3.75. The van der Waals surface area contributed by atoms with Gasteiger partial charge in [0.2, 0.25) is 0 Å². The Bertz CT molecular complexity index is 536. The molecule has 104 valence electrons. The van der Waals surface area contributed by atoms with Crippen LogP contribution < -0.4 is 10.1 Å². The molecule has 1 fully saturated rings. The average Bonchev–Trinajstić information content (AvgIpc) is 2.55. The Morgan fingerprint density at radius 2 is 2.00 bits per heavy atom. The Labute approximate surface area is 120 Å². The summed E-state index contributed by atoms with van der Waals surface area (Å²) in [6.07, 6.45) is 6.14. The molecule has 3 heteroatoms. The molecule has 3 nitrogen and oxygen atoms in total. The highest BCUT2D eigenvalue weighted by Crippen LogP contribution is 2.29. The summed E-state index contributed by atoms with van der Waals surface area (Å²) < 4.78 is 6.07. The minimum Gasteiger partial charge on any atom is -0.493 e. The fourth-order valence-electron chi connectivity index (χ4n) is 2.64. The molecule has 2 aromatic rings. The summed E-state index contributed by atoms with van der Waals surface area (Å²) in [5.41, 5.74) is 2.29. The Morgan fingerprint density at radius 1 is 1.15 bits per heavy atom. The zero-order valence-corrected chi connectivity index (χ0v) is 11.6. The van der Waals surface area contributed by atoms with Crippen molar-refractivity contribution < 1.29 is 4.74 Å². The van der Waals surface area contributed by atoms with Gasteiger partial charge in [0.25, 0.3) is 0 Å². The Kier molecular flexibility index (Phi) is 4.28. The summed E-state index contributed by atoms with van der Waals surface area (Å²) in [5.74, 6) is 1.58. The van der Waals surface area contributed by atoms with Gasteiger partial charge in [0.15, 0.2) is 0 Å². The lowest BCUT2D eigenvalue weighted by molar-refractivity contribution is 0.219. The van der Waals surface area contributed by atoms with E-state index in [9.17, 15) is 0 Å². The number of nitrogens with one attached hydrogen (secondary N) is 1. The minimum absolute atomic E-state index is 0.620. The van der Waals surface area contributed by atoms with Crippen LogP contribution in [0.25, 0.3) is 11.1 Å². The van der Waals surface area contributed by atoms with Gasteiger partial charge in [-0.05, 0) is 43.1 Å². The number of ether oxygens (including phenoxy) is 1. The average molecular weight is 268 g/mol. The van der Waals surface area contributed by atoms with E-state index in [0.29, 0.717) is 5.92 Å². The van der Waals surface area contributed by atoms with Crippen molar-refractivity contribution in [2.45, 2.75) is 12.8 Å². The second kappa shape index (κ2) is 6.53. The zero-order chi connectivity index (χ0) is 13.6. The van der Waals surface area contributed by atoms with Gasteiger partial charge in [0, 0.05) is 30.4 Å². The molecule has 1 aliphatic rings. The first-order chi connectivity index (χ1) is 9.93. The quantitative estimate of drug-likeness (QED) is 0.925. The van der Waals surface area contributed by atoms with E-state index in [2.05, 4.69) is 16.4 Å². The van der Waals surface area contributed by atoms with Crippen molar-refractivity contribution in [1.82, 2.24) is 10.3 Å². The molecule has 20 heavy (non-hydrogen) atoms. The standard InChI is InChI=1S/C17H20N2O/c1-2-6-17(20-13-14-4-3-9-19-12-14)16(5-1)15-7-10-18-11-8-15/h1-2,5-8,10-11,14,19H,3-4,9,12-13H2. The first kappa shape index (κ1) is 13.1. The maximum absolute atomic E-state index is 6.07. The Balaban J connectivity index is 1.73. The molecule has 1 aliphatic heterocycles. The maximum atomic E-state index is 6.07. The molecule has 1 aromatic carbocycles. The van der Waals surface area contributed by atoms with Gasteiger partial charge in [0.1, 0.15) is 5.75 Å². The summed E-state index contributed by atoms with van der Waals surface area (Å²) >= 11 is 0. The lowest BCUT2D eigenvalue weighted by Crippen LogP contribution is -2.33. The van der Waals surface area contributed by atoms with Gasteiger partial charge in [-0.1, -0.05) is 18.2 Å². The van der Waals surface area contributed by atoms with Gasteiger partial charge in [-0.2, -0.15) is 0 Å². The minimum atomic E-state index is 0.620. The predicted molar refractivity (Wildman–Crippen MR) is 80.8 cm³/mol. The second-order valence-electron chi connectivity index (χ2n) is 5.26. The molecule has 0 amide bonds. The molecule has 1 unspecified atom stereocenters.